The molecule has 2 nitrogen and oxygen atoms in total. The van der Waals surface area contributed by atoms with E-state index in [2.05, 4.69) is 67.5 Å². The van der Waals surface area contributed by atoms with Gasteiger partial charge in [0.25, 0.3) is 0 Å². The Morgan fingerprint density at radius 3 is 2.14 bits per heavy atom. The first-order chi connectivity index (χ1) is 13.6. The molecular formula is C26H27NO. The Bertz CT molecular complexity index is 970. The summed E-state index contributed by atoms with van der Waals surface area (Å²) in [5.74, 6) is 1.11. The molecule has 4 rings (SSSR count). The van der Waals surface area contributed by atoms with Crippen LogP contribution in [0.15, 0.2) is 71.7 Å². The molecule has 3 aromatic rings. The van der Waals surface area contributed by atoms with Gasteiger partial charge in [-0.2, -0.15) is 0 Å². The molecule has 28 heavy (non-hydrogen) atoms. The van der Waals surface area contributed by atoms with Gasteiger partial charge in [-0.25, -0.2) is 0 Å². The second kappa shape index (κ2) is 8.02. The van der Waals surface area contributed by atoms with Crippen LogP contribution in [0.5, 0.6) is 5.75 Å². The number of hydrogen-bond donors (Lipinski definition) is 1. The number of rotatable bonds is 6. The van der Waals surface area contributed by atoms with Crippen LogP contribution in [-0.2, 0) is 12.8 Å². The van der Waals surface area contributed by atoms with Crippen LogP contribution in [0.1, 0.15) is 59.9 Å². The van der Waals surface area contributed by atoms with Gasteiger partial charge in [0.2, 0.25) is 0 Å². The molecule has 1 aliphatic rings. The molecule has 0 aromatic heterocycles. The topological polar surface area (TPSA) is 32.6 Å². The van der Waals surface area contributed by atoms with E-state index >= 15 is 0 Å². The molecule has 2 heteroatoms. The van der Waals surface area contributed by atoms with Crippen molar-refractivity contribution in [2.75, 3.05) is 0 Å². The highest BCUT2D eigenvalue weighted by atomic mass is 16.3. The van der Waals surface area contributed by atoms with E-state index in [0.717, 1.165) is 24.9 Å². The monoisotopic (exact) mass is 369 g/mol. The van der Waals surface area contributed by atoms with Crippen LogP contribution in [0.3, 0.4) is 0 Å². The highest BCUT2D eigenvalue weighted by Gasteiger charge is 2.17. The number of fused-ring (bicyclic) bond motifs is 1. The standard InChI is InChI=1S/C26H27NO/c1-3-21-17-27-26-15-8-20(16-25(21)26)5-4-19-6-9-22(10-7-19)18(2)23-11-13-24(28)14-12-23/h6-18,21,28H,3-5H2,1-2H3. The van der Waals surface area contributed by atoms with Crippen LogP contribution in [0.25, 0.3) is 0 Å². The minimum atomic E-state index is 0.315. The van der Waals surface area contributed by atoms with Crippen LogP contribution < -0.4 is 0 Å². The number of phenolic OH excluding ortho intramolecular Hbond substituents is 1. The summed E-state index contributed by atoms with van der Waals surface area (Å²) in [6, 6.07) is 23.2. The van der Waals surface area contributed by atoms with Gasteiger partial charge in [-0.15, -0.1) is 0 Å². The van der Waals surface area contributed by atoms with Crippen LogP contribution in [0.2, 0.25) is 0 Å². The number of aromatic hydroxyl groups is 1. The molecule has 3 aromatic carbocycles. The third kappa shape index (κ3) is 3.87. The lowest BCUT2D eigenvalue weighted by Gasteiger charge is -2.13. The third-order valence-corrected chi connectivity index (χ3v) is 5.90. The second-order valence-corrected chi connectivity index (χ2v) is 7.74. The van der Waals surface area contributed by atoms with Crippen LogP contribution in [-0.4, -0.2) is 11.3 Å². The van der Waals surface area contributed by atoms with Gasteiger partial charge >= 0.3 is 0 Å². The summed E-state index contributed by atoms with van der Waals surface area (Å²) >= 11 is 0. The number of nitrogens with zero attached hydrogens (tertiary/aromatic N) is 1. The lowest BCUT2D eigenvalue weighted by Crippen LogP contribution is -1.98. The zero-order valence-corrected chi connectivity index (χ0v) is 16.6. The van der Waals surface area contributed by atoms with Crippen molar-refractivity contribution in [2.45, 2.75) is 44.9 Å². The molecule has 1 N–H and O–H groups in total. The number of benzene rings is 3. The maximum atomic E-state index is 9.47. The molecule has 0 bridgehead atoms. The molecule has 0 fully saturated rings. The van der Waals surface area contributed by atoms with Crippen LogP contribution in [0, 0.1) is 0 Å². The summed E-state index contributed by atoms with van der Waals surface area (Å²) in [5, 5.41) is 9.47. The lowest BCUT2D eigenvalue weighted by atomic mass is 9.91. The summed E-state index contributed by atoms with van der Waals surface area (Å²) in [7, 11) is 0. The number of hydrogen-bond acceptors (Lipinski definition) is 2. The van der Waals surface area contributed by atoms with Gasteiger partial charge in [-0.3, -0.25) is 4.99 Å². The average molecular weight is 370 g/mol. The molecule has 0 saturated heterocycles. The van der Waals surface area contributed by atoms with Crippen molar-refractivity contribution in [2.24, 2.45) is 4.99 Å². The van der Waals surface area contributed by atoms with E-state index in [1.165, 1.54) is 27.8 Å². The number of aliphatic imine (C=N–C) groups is 1. The van der Waals surface area contributed by atoms with Gasteiger partial charge < -0.3 is 5.11 Å². The normalized spacial score (nSPS) is 16.1. The van der Waals surface area contributed by atoms with E-state index in [9.17, 15) is 5.11 Å². The first kappa shape index (κ1) is 18.5. The zero-order chi connectivity index (χ0) is 19.5. The Morgan fingerprint density at radius 1 is 0.857 bits per heavy atom. The molecule has 142 valence electrons. The Morgan fingerprint density at radius 2 is 1.46 bits per heavy atom. The SMILES string of the molecule is CCC1C=Nc2ccc(CCc3ccc(C(C)c4ccc(O)cc4)cc3)cc21. The molecule has 0 radical (unpaired) electrons. The summed E-state index contributed by atoms with van der Waals surface area (Å²) in [6.45, 7) is 4.43. The van der Waals surface area contributed by atoms with Crippen molar-refractivity contribution in [3.8, 4) is 5.75 Å². The Labute approximate surface area is 167 Å². The van der Waals surface area contributed by atoms with Crippen molar-refractivity contribution in [3.63, 3.8) is 0 Å². The summed E-state index contributed by atoms with van der Waals surface area (Å²) < 4.78 is 0. The van der Waals surface area contributed by atoms with E-state index in [0.29, 0.717) is 17.6 Å². The Kier molecular flexibility index (Phi) is 5.29. The van der Waals surface area contributed by atoms with Crippen LogP contribution >= 0.6 is 0 Å². The fraction of sp³-hybridized carbons (Fsp3) is 0.269. The fourth-order valence-corrected chi connectivity index (χ4v) is 3.97. The molecule has 2 unspecified atom stereocenters. The first-order valence-electron chi connectivity index (χ1n) is 10.2. The largest absolute Gasteiger partial charge is 0.508 e. The van der Waals surface area contributed by atoms with Crippen molar-refractivity contribution < 1.29 is 5.11 Å². The highest BCUT2D eigenvalue weighted by Crippen LogP contribution is 2.34. The first-order valence-corrected chi connectivity index (χ1v) is 10.2. The Hall–Kier alpha value is -2.87. The van der Waals surface area contributed by atoms with E-state index < -0.39 is 0 Å². The molecule has 1 heterocycles. The van der Waals surface area contributed by atoms with Gasteiger partial charge in [-0.05, 0) is 65.3 Å². The minimum absolute atomic E-state index is 0.315. The third-order valence-electron chi connectivity index (χ3n) is 5.90. The summed E-state index contributed by atoms with van der Waals surface area (Å²) in [4.78, 5) is 4.53. The molecule has 1 aliphatic heterocycles. The highest BCUT2D eigenvalue weighted by molar-refractivity contribution is 5.80. The predicted molar refractivity (Wildman–Crippen MR) is 117 cm³/mol. The number of aryl methyl sites for hydroxylation is 2. The van der Waals surface area contributed by atoms with Gasteiger partial charge in [0.1, 0.15) is 5.75 Å². The maximum Gasteiger partial charge on any atom is 0.115 e. The zero-order valence-electron chi connectivity index (χ0n) is 16.6. The van der Waals surface area contributed by atoms with Gasteiger partial charge in [0.15, 0.2) is 0 Å². The lowest BCUT2D eigenvalue weighted by molar-refractivity contribution is 0.475. The summed E-state index contributed by atoms with van der Waals surface area (Å²) in [5.41, 5.74) is 7.81. The average Bonchev–Trinajstić information content (AvgIpc) is 3.15. The molecule has 2 atom stereocenters. The van der Waals surface area contributed by atoms with E-state index in [1.807, 2.05) is 12.1 Å². The number of phenols is 1. The van der Waals surface area contributed by atoms with Crippen molar-refractivity contribution >= 4 is 11.9 Å². The molecule has 0 aliphatic carbocycles. The molecule has 0 amide bonds. The molecular weight excluding hydrogens is 342 g/mol. The fourth-order valence-electron chi connectivity index (χ4n) is 3.97. The van der Waals surface area contributed by atoms with E-state index in [4.69, 9.17) is 0 Å². The predicted octanol–water partition coefficient (Wildman–Crippen LogP) is 6.54. The van der Waals surface area contributed by atoms with Gasteiger partial charge in [0.05, 0.1) is 5.69 Å². The van der Waals surface area contributed by atoms with Gasteiger partial charge in [-0.1, -0.05) is 62.4 Å². The smallest absolute Gasteiger partial charge is 0.115 e. The second-order valence-electron chi connectivity index (χ2n) is 7.74. The molecule has 0 spiro atoms. The van der Waals surface area contributed by atoms with E-state index in [1.54, 1.807) is 12.1 Å². The summed E-state index contributed by atoms with van der Waals surface area (Å²) in [6.07, 6.45) is 5.30. The molecule has 0 saturated carbocycles. The van der Waals surface area contributed by atoms with E-state index in [-0.39, 0.29) is 0 Å². The maximum absolute atomic E-state index is 9.47. The quantitative estimate of drug-likeness (QED) is 0.526. The van der Waals surface area contributed by atoms with Crippen LogP contribution in [0.4, 0.5) is 5.69 Å². The minimum Gasteiger partial charge on any atom is -0.508 e. The Balaban J connectivity index is 1.41. The van der Waals surface area contributed by atoms with Gasteiger partial charge in [0, 0.05) is 18.1 Å². The van der Waals surface area contributed by atoms with Crippen molar-refractivity contribution in [1.29, 1.82) is 0 Å². The van der Waals surface area contributed by atoms with Crippen molar-refractivity contribution in [3.05, 3.63) is 94.5 Å². The van der Waals surface area contributed by atoms with Crippen molar-refractivity contribution in [1.82, 2.24) is 0 Å².